The molecule has 0 radical (unpaired) electrons. The standard InChI is InChI=1S/C17H20O2/c1-4-19-17(18)13-14(2)9-8-10-15(3)16-11-6-5-7-12-16/h5-13H,4H2,1-3H3/b9-8+,14-13+,15-10+. The van der Waals surface area contributed by atoms with Crippen molar-refractivity contribution in [2.24, 2.45) is 0 Å². The normalized spacial score (nSPS) is 12.8. The number of carbonyl (C=O) groups excluding carboxylic acids is 1. The Morgan fingerprint density at radius 1 is 1.21 bits per heavy atom. The first-order valence-electron chi connectivity index (χ1n) is 6.39. The second kappa shape index (κ2) is 8.09. The van der Waals surface area contributed by atoms with Gasteiger partial charge >= 0.3 is 5.97 Å². The number of carbonyl (C=O) groups is 1. The molecule has 1 aromatic carbocycles. The van der Waals surface area contributed by atoms with Gasteiger partial charge in [-0.15, -0.1) is 0 Å². The van der Waals surface area contributed by atoms with Crippen molar-refractivity contribution < 1.29 is 9.53 Å². The molecule has 2 nitrogen and oxygen atoms in total. The predicted octanol–water partition coefficient (Wildman–Crippen LogP) is 4.16. The van der Waals surface area contributed by atoms with Gasteiger partial charge in [-0.1, -0.05) is 48.6 Å². The summed E-state index contributed by atoms with van der Waals surface area (Å²) in [6.45, 7) is 6.13. The molecule has 2 heteroatoms. The minimum atomic E-state index is -0.298. The minimum Gasteiger partial charge on any atom is -0.463 e. The summed E-state index contributed by atoms with van der Waals surface area (Å²) in [4.78, 5) is 11.2. The Morgan fingerprint density at radius 3 is 2.53 bits per heavy atom. The van der Waals surface area contributed by atoms with E-state index in [1.807, 2.05) is 43.4 Å². The highest BCUT2D eigenvalue weighted by atomic mass is 16.5. The molecule has 0 saturated heterocycles. The molecular formula is C17H20O2. The Bertz CT molecular complexity index is 493. The van der Waals surface area contributed by atoms with Gasteiger partial charge < -0.3 is 4.74 Å². The molecule has 0 aliphatic carbocycles. The van der Waals surface area contributed by atoms with Crippen molar-refractivity contribution in [2.75, 3.05) is 6.61 Å². The van der Waals surface area contributed by atoms with Crippen molar-refractivity contribution in [2.45, 2.75) is 20.8 Å². The lowest BCUT2D eigenvalue weighted by atomic mass is 10.1. The van der Waals surface area contributed by atoms with Crippen LogP contribution in [0.15, 0.2) is 60.2 Å². The van der Waals surface area contributed by atoms with Crippen LogP contribution in [0, 0.1) is 0 Å². The molecule has 0 bridgehead atoms. The molecule has 1 aromatic rings. The molecule has 0 unspecified atom stereocenters. The molecule has 100 valence electrons. The number of benzene rings is 1. The quantitative estimate of drug-likeness (QED) is 0.449. The Hall–Kier alpha value is -2.09. The molecule has 0 aliphatic rings. The smallest absolute Gasteiger partial charge is 0.330 e. The van der Waals surface area contributed by atoms with Crippen molar-refractivity contribution in [1.82, 2.24) is 0 Å². The third-order valence-corrected chi connectivity index (χ3v) is 2.57. The fourth-order valence-electron chi connectivity index (χ4n) is 1.56. The molecule has 0 atom stereocenters. The second-order valence-corrected chi connectivity index (χ2v) is 4.22. The first kappa shape index (κ1) is 15.0. The Morgan fingerprint density at radius 2 is 1.89 bits per heavy atom. The molecule has 0 aliphatic heterocycles. The summed E-state index contributed by atoms with van der Waals surface area (Å²) in [6.07, 6.45) is 7.35. The van der Waals surface area contributed by atoms with Crippen molar-refractivity contribution in [1.29, 1.82) is 0 Å². The van der Waals surface area contributed by atoms with Gasteiger partial charge in [0.15, 0.2) is 0 Å². The van der Waals surface area contributed by atoms with Crippen LogP contribution in [0.3, 0.4) is 0 Å². The van der Waals surface area contributed by atoms with E-state index in [-0.39, 0.29) is 5.97 Å². The zero-order valence-electron chi connectivity index (χ0n) is 11.7. The molecular weight excluding hydrogens is 236 g/mol. The number of esters is 1. The fourth-order valence-corrected chi connectivity index (χ4v) is 1.56. The maximum Gasteiger partial charge on any atom is 0.330 e. The summed E-state index contributed by atoms with van der Waals surface area (Å²) in [7, 11) is 0. The second-order valence-electron chi connectivity index (χ2n) is 4.22. The van der Waals surface area contributed by atoms with E-state index in [1.165, 1.54) is 17.2 Å². The van der Waals surface area contributed by atoms with Gasteiger partial charge in [-0.3, -0.25) is 0 Å². The van der Waals surface area contributed by atoms with Gasteiger partial charge in [0, 0.05) is 6.08 Å². The zero-order valence-corrected chi connectivity index (χ0v) is 11.7. The summed E-state index contributed by atoms with van der Waals surface area (Å²) in [5, 5.41) is 0. The summed E-state index contributed by atoms with van der Waals surface area (Å²) in [5.41, 5.74) is 3.25. The number of allylic oxidation sites excluding steroid dienone is 5. The zero-order chi connectivity index (χ0) is 14.1. The van der Waals surface area contributed by atoms with Crippen molar-refractivity contribution in [3.8, 4) is 0 Å². The monoisotopic (exact) mass is 256 g/mol. The lowest BCUT2D eigenvalue weighted by Gasteiger charge is -1.99. The van der Waals surface area contributed by atoms with Crippen LogP contribution in [-0.2, 0) is 9.53 Å². The van der Waals surface area contributed by atoms with Crippen LogP contribution >= 0.6 is 0 Å². The van der Waals surface area contributed by atoms with Gasteiger partial charge in [-0.2, -0.15) is 0 Å². The van der Waals surface area contributed by atoms with Crippen LogP contribution in [0.25, 0.3) is 5.57 Å². The average molecular weight is 256 g/mol. The van der Waals surface area contributed by atoms with Crippen molar-refractivity contribution >= 4 is 11.5 Å². The van der Waals surface area contributed by atoms with Gasteiger partial charge in [-0.25, -0.2) is 4.79 Å². The van der Waals surface area contributed by atoms with Crippen LogP contribution in [0.2, 0.25) is 0 Å². The third kappa shape index (κ3) is 5.87. The molecule has 1 rings (SSSR count). The van der Waals surface area contributed by atoms with Crippen molar-refractivity contribution in [3.05, 3.63) is 65.8 Å². The van der Waals surface area contributed by atoms with Crippen LogP contribution in [0.4, 0.5) is 0 Å². The van der Waals surface area contributed by atoms with Crippen LogP contribution in [-0.4, -0.2) is 12.6 Å². The summed E-state index contributed by atoms with van der Waals surface area (Å²) < 4.78 is 4.84. The molecule has 0 heterocycles. The molecule has 0 fully saturated rings. The maximum atomic E-state index is 11.2. The molecule has 0 saturated carbocycles. The number of hydrogen-bond donors (Lipinski definition) is 0. The highest BCUT2D eigenvalue weighted by Crippen LogP contribution is 2.12. The van der Waals surface area contributed by atoms with Gasteiger partial charge in [0.1, 0.15) is 0 Å². The van der Waals surface area contributed by atoms with E-state index in [1.54, 1.807) is 6.92 Å². The first-order valence-corrected chi connectivity index (χ1v) is 6.39. The first-order chi connectivity index (χ1) is 9.13. The van der Waals surface area contributed by atoms with Crippen LogP contribution in [0.1, 0.15) is 26.3 Å². The van der Waals surface area contributed by atoms with Gasteiger partial charge in [-0.05, 0) is 37.5 Å². The van der Waals surface area contributed by atoms with E-state index in [0.717, 1.165) is 5.57 Å². The van der Waals surface area contributed by atoms with Gasteiger partial charge in [0.05, 0.1) is 6.61 Å². The van der Waals surface area contributed by atoms with E-state index < -0.39 is 0 Å². The summed E-state index contributed by atoms with van der Waals surface area (Å²) in [6, 6.07) is 10.2. The maximum absolute atomic E-state index is 11.2. The predicted molar refractivity (Wildman–Crippen MR) is 79.6 cm³/mol. The fraction of sp³-hybridized carbons (Fsp3) is 0.235. The van der Waals surface area contributed by atoms with E-state index in [0.29, 0.717) is 6.61 Å². The van der Waals surface area contributed by atoms with Crippen LogP contribution in [0.5, 0.6) is 0 Å². The highest BCUT2D eigenvalue weighted by molar-refractivity contribution is 5.83. The molecule has 0 aromatic heterocycles. The number of ether oxygens (including phenoxy) is 1. The SMILES string of the molecule is CCOC(=O)/C=C(C)/C=C/C=C(\C)c1ccccc1. The molecule has 0 N–H and O–H groups in total. The van der Waals surface area contributed by atoms with E-state index in [2.05, 4.69) is 19.1 Å². The summed E-state index contributed by atoms with van der Waals surface area (Å²) in [5.74, 6) is -0.298. The topological polar surface area (TPSA) is 26.3 Å². The van der Waals surface area contributed by atoms with Gasteiger partial charge in [0.25, 0.3) is 0 Å². The van der Waals surface area contributed by atoms with Crippen LogP contribution < -0.4 is 0 Å². The number of hydrogen-bond acceptors (Lipinski definition) is 2. The molecule has 0 amide bonds. The average Bonchev–Trinajstić information content (AvgIpc) is 2.39. The van der Waals surface area contributed by atoms with E-state index >= 15 is 0 Å². The highest BCUT2D eigenvalue weighted by Gasteiger charge is 1.95. The van der Waals surface area contributed by atoms with E-state index in [4.69, 9.17) is 4.74 Å². The Labute approximate surface area is 115 Å². The Balaban J connectivity index is 2.65. The molecule has 19 heavy (non-hydrogen) atoms. The number of rotatable bonds is 5. The Kier molecular flexibility index (Phi) is 6.37. The summed E-state index contributed by atoms with van der Waals surface area (Å²) >= 11 is 0. The third-order valence-electron chi connectivity index (χ3n) is 2.57. The largest absolute Gasteiger partial charge is 0.463 e. The minimum absolute atomic E-state index is 0.298. The molecule has 0 spiro atoms. The van der Waals surface area contributed by atoms with Crippen molar-refractivity contribution in [3.63, 3.8) is 0 Å². The van der Waals surface area contributed by atoms with E-state index in [9.17, 15) is 4.79 Å². The lowest BCUT2D eigenvalue weighted by molar-refractivity contribution is -0.137. The van der Waals surface area contributed by atoms with Gasteiger partial charge in [0.2, 0.25) is 0 Å². The lowest BCUT2D eigenvalue weighted by Crippen LogP contribution is -1.99.